The van der Waals surface area contributed by atoms with Crippen LogP contribution in [0.15, 0.2) is 237 Å². The molecule has 3 atom stereocenters. The number of pyridine rings is 3. The Labute approximate surface area is 779 Å². The Kier molecular flexibility index (Phi) is 32.5. The molecular weight excluding hydrogens is 1670 g/mol. The number of halogens is 3. The maximum Gasteiger partial charge on any atom is 1.00 e. The molecule has 9 aromatic carbocycles. The zero-order valence-corrected chi connectivity index (χ0v) is 78.2. The van der Waals surface area contributed by atoms with Gasteiger partial charge in [0.2, 0.25) is 0 Å². The third-order valence-corrected chi connectivity index (χ3v) is 29.3. The average Bonchev–Trinajstić information content (AvgIpc) is 1.66. The predicted octanol–water partition coefficient (Wildman–Crippen LogP) is 22.5. The quantitative estimate of drug-likeness (QED) is 0.0231. The Morgan fingerprint density at radius 3 is 0.919 bits per heavy atom. The number of aryl methyl sites for hydroxylation is 3. The first-order valence-electron chi connectivity index (χ1n) is 42.2. The van der Waals surface area contributed by atoms with Gasteiger partial charge in [-0.3, -0.25) is 9.59 Å². The van der Waals surface area contributed by atoms with E-state index < -0.39 is 34.7 Å². The summed E-state index contributed by atoms with van der Waals surface area (Å²) in [4.78, 5) is 48.6. The molecule has 0 spiro atoms. The van der Waals surface area contributed by atoms with Crippen LogP contribution < -0.4 is 34.7 Å². The molecule has 0 amide bonds. The van der Waals surface area contributed by atoms with Crippen LogP contribution in [0.3, 0.4) is 0 Å². The third-order valence-electron chi connectivity index (χ3n) is 23.5. The summed E-state index contributed by atoms with van der Waals surface area (Å²) in [6.07, 6.45) is 23.8. The molecule has 3 aromatic heterocycles. The minimum atomic E-state index is -0.963. The van der Waals surface area contributed by atoms with Crippen molar-refractivity contribution in [1.29, 1.82) is 0 Å². The molecule has 636 valence electrons. The number of nitrogens with zero attached hydrogens (tertiary/aromatic N) is 3. The van der Waals surface area contributed by atoms with Crippen molar-refractivity contribution in [2.45, 2.75) is 170 Å². The van der Waals surface area contributed by atoms with Crippen LogP contribution in [0, 0.1) is 16.2 Å². The van der Waals surface area contributed by atoms with Crippen LogP contribution in [-0.2, 0) is 50.4 Å². The molecule has 5 N–H and O–H groups in total. The third kappa shape index (κ3) is 27.6. The van der Waals surface area contributed by atoms with Gasteiger partial charge >= 0.3 is 41.5 Å². The standard InChI is InChI=1S/3C35H36ClNO3S.Na/c3*1-34(2,40)30-9-4-3-7-25(30)13-17-32(41-23-35(18-19-35)22-33(38)39)27-8-5-6-24(20-27)10-15-29-16-12-26-11-14-28(36)21-31(26)37-29;/h3*3-12,14-16,20-21,32,40H,13,17-19,22-23H2,1-2H3,(H,38,39);/q;;;+1/p-1/b3*15-10+;/t3*32-;/m111./s1. The molecule has 15 rings (SSSR count). The van der Waals surface area contributed by atoms with Crippen LogP contribution in [0.25, 0.3) is 69.2 Å². The van der Waals surface area contributed by atoms with Gasteiger partial charge in [-0.15, -0.1) is 0 Å². The number of carbonyl (C=O) groups excluding carboxylic acids is 1. The molecule has 3 saturated carbocycles. The van der Waals surface area contributed by atoms with Crippen LogP contribution in [0.1, 0.15) is 218 Å². The van der Waals surface area contributed by atoms with E-state index in [0.717, 1.165) is 194 Å². The Morgan fingerprint density at radius 2 is 0.653 bits per heavy atom. The van der Waals surface area contributed by atoms with E-state index in [2.05, 4.69) is 121 Å². The minimum absolute atomic E-state index is 0. The normalized spacial score (nSPS) is 15.2. The molecule has 19 heteroatoms. The maximum absolute atomic E-state index is 11.5. The summed E-state index contributed by atoms with van der Waals surface area (Å²) in [5, 5.41) is 68.2. The van der Waals surface area contributed by atoms with E-state index >= 15 is 0 Å². The number of carboxylic acid groups (broad SMARTS) is 3. The van der Waals surface area contributed by atoms with Gasteiger partial charge in [-0.05, 0) is 287 Å². The van der Waals surface area contributed by atoms with E-state index in [1.54, 1.807) is 0 Å². The average molecular weight is 1780 g/mol. The maximum atomic E-state index is 11.5. The summed E-state index contributed by atoms with van der Waals surface area (Å²) in [6.45, 7) is 11.0. The molecule has 3 heterocycles. The Hall–Kier alpha value is -8.36. The number of thioether (sulfide) groups is 3. The zero-order chi connectivity index (χ0) is 87.1. The van der Waals surface area contributed by atoms with E-state index in [-0.39, 0.29) is 80.8 Å². The van der Waals surface area contributed by atoms with Crippen LogP contribution in [-0.4, -0.2) is 75.7 Å². The summed E-state index contributed by atoms with van der Waals surface area (Å²) in [7, 11) is 0. The van der Waals surface area contributed by atoms with Crippen molar-refractivity contribution in [2.24, 2.45) is 16.2 Å². The summed E-state index contributed by atoms with van der Waals surface area (Å²) < 4.78 is 0. The monoisotopic (exact) mass is 1780 g/mol. The SMILES string of the molecule is CC(C)(O)c1ccccc1CC[C@@H](SCC1(CC(=O)O)CC1)c1cccc(/C=C/c2ccc3ccc(Cl)cc3n2)c1.CC(C)(O)c1ccccc1CC[C@@H](SCC1(CC(=O)O)CC1)c1cccc(/C=C/c2ccc3ccc(Cl)cc3n2)c1.CC(C)(O)c1ccccc1CC[C@@H](SCC1(CC(=O)[O-])CC1)c1cccc(/C=C/c2ccc3ccc(Cl)cc3n2)c1.[Na+]. The van der Waals surface area contributed by atoms with E-state index in [1.807, 2.05) is 229 Å². The summed E-state index contributed by atoms with van der Waals surface area (Å²) in [5.74, 6) is 0.0746. The van der Waals surface area contributed by atoms with Crippen LogP contribution in [0.5, 0.6) is 0 Å². The van der Waals surface area contributed by atoms with Gasteiger partial charge in [0.1, 0.15) is 0 Å². The molecule has 124 heavy (non-hydrogen) atoms. The number of benzene rings is 9. The second-order valence-electron chi connectivity index (χ2n) is 35.1. The molecule has 0 bridgehead atoms. The molecule has 0 saturated heterocycles. The number of aromatic nitrogens is 3. The first-order valence-corrected chi connectivity index (χ1v) is 46.5. The van der Waals surface area contributed by atoms with Crippen LogP contribution >= 0.6 is 70.1 Å². The summed E-state index contributed by atoms with van der Waals surface area (Å²) in [6, 6.07) is 79.3. The van der Waals surface area contributed by atoms with E-state index in [4.69, 9.17) is 49.8 Å². The Bertz CT molecular complexity index is 5280. The van der Waals surface area contributed by atoms with Gasteiger partial charge in [0.15, 0.2) is 0 Å². The number of carbonyl (C=O) groups is 3. The first kappa shape index (κ1) is 94.8. The van der Waals surface area contributed by atoms with Gasteiger partial charge in [-0.25, -0.2) is 15.0 Å². The number of carboxylic acids is 3. The number of aliphatic hydroxyl groups is 3. The topological polar surface area (TPSA) is 214 Å². The smallest absolute Gasteiger partial charge is 0.550 e. The second kappa shape index (κ2) is 42.5. The first-order chi connectivity index (χ1) is 58.8. The molecule has 0 radical (unpaired) electrons. The Balaban J connectivity index is 0.000000169. The number of hydrogen-bond donors (Lipinski definition) is 5. The van der Waals surface area contributed by atoms with Crippen LogP contribution in [0.4, 0.5) is 0 Å². The van der Waals surface area contributed by atoms with Crippen LogP contribution in [0.2, 0.25) is 15.1 Å². The van der Waals surface area contributed by atoms with Crippen molar-refractivity contribution in [2.75, 3.05) is 17.3 Å². The molecule has 3 aliphatic rings. The van der Waals surface area contributed by atoms with Crippen molar-refractivity contribution in [3.63, 3.8) is 0 Å². The van der Waals surface area contributed by atoms with Gasteiger partial charge < -0.3 is 35.4 Å². The van der Waals surface area contributed by atoms with E-state index in [9.17, 15) is 45.0 Å². The summed E-state index contributed by atoms with van der Waals surface area (Å²) >= 11 is 24.1. The fourth-order valence-corrected chi connectivity index (χ4v) is 21.3. The van der Waals surface area contributed by atoms with Gasteiger partial charge in [0.05, 0.1) is 63.3 Å². The molecule has 0 aliphatic heterocycles. The molecule has 12 aromatic rings. The molecule has 0 unspecified atom stereocenters. The second-order valence-corrected chi connectivity index (χ2v) is 40.0. The summed E-state index contributed by atoms with van der Waals surface area (Å²) in [5.41, 5.74) is 15.3. The number of rotatable bonds is 36. The predicted molar refractivity (Wildman–Crippen MR) is 511 cm³/mol. The molecule has 3 aliphatic carbocycles. The zero-order valence-electron chi connectivity index (χ0n) is 71.5. The Morgan fingerprint density at radius 1 is 0.379 bits per heavy atom. The molecule has 3 fully saturated rings. The fraction of sp³-hybridized carbons (Fsp3) is 0.314. The van der Waals surface area contributed by atoms with Gasteiger partial charge in [-0.1, -0.05) is 235 Å². The van der Waals surface area contributed by atoms with Crippen molar-refractivity contribution in [3.05, 3.63) is 335 Å². The van der Waals surface area contributed by atoms with Gasteiger partial charge in [-0.2, -0.15) is 35.3 Å². The number of fused-ring (bicyclic) bond motifs is 3. The molecule has 12 nitrogen and oxygen atoms in total. The van der Waals surface area contributed by atoms with E-state index in [1.165, 1.54) is 16.7 Å². The van der Waals surface area contributed by atoms with Crippen molar-refractivity contribution in [3.8, 4) is 0 Å². The van der Waals surface area contributed by atoms with Gasteiger partial charge in [0, 0.05) is 64.5 Å². The minimum Gasteiger partial charge on any atom is -0.550 e. The van der Waals surface area contributed by atoms with Crippen molar-refractivity contribution in [1.82, 2.24) is 15.0 Å². The molecular formula is C105H107Cl3N3NaO9S3. The van der Waals surface area contributed by atoms with Crippen molar-refractivity contribution >= 4 is 157 Å². The number of hydrogen-bond acceptors (Lipinski definition) is 13. The van der Waals surface area contributed by atoms with Crippen molar-refractivity contribution < 1.29 is 74.6 Å². The van der Waals surface area contributed by atoms with Gasteiger partial charge in [0.25, 0.3) is 0 Å². The number of aliphatic carboxylic acids is 3. The fourth-order valence-electron chi connectivity index (χ4n) is 16.1. The van der Waals surface area contributed by atoms with E-state index in [0.29, 0.717) is 15.1 Å². The largest absolute Gasteiger partial charge is 1.00 e.